The highest BCUT2D eigenvalue weighted by atomic mass is 32.4. The van der Waals surface area contributed by atoms with Gasteiger partial charge >= 0.3 is 21.7 Å². The Hall–Kier alpha value is -2.85. The number of hydrogen-bond donors (Lipinski definition) is 3. The number of ether oxygens (including phenoxy) is 1. The molecule has 0 saturated heterocycles. The van der Waals surface area contributed by atoms with Gasteiger partial charge in [0.25, 0.3) is 0 Å². The summed E-state index contributed by atoms with van der Waals surface area (Å²) in [7, 11) is -2.61. The lowest BCUT2D eigenvalue weighted by Crippen LogP contribution is -2.04. The molecule has 0 aliphatic carbocycles. The van der Waals surface area contributed by atoms with Gasteiger partial charge in [0, 0.05) is 0 Å². The Kier molecular flexibility index (Phi) is 11.6. The molecule has 0 radical (unpaired) electrons. The molecule has 210 valence electrons. The van der Waals surface area contributed by atoms with Gasteiger partial charge in [0.1, 0.15) is 5.75 Å². The molecule has 3 rings (SSSR count). The van der Waals surface area contributed by atoms with Crippen LogP contribution in [0.4, 0.5) is 0 Å². The van der Waals surface area contributed by atoms with E-state index in [1.165, 1.54) is 29.0 Å². The number of aliphatic hydroxyl groups excluding tert-OH is 1. The third-order valence-electron chi connectivity index (χ3n) is 5.08. The molecule has 40 heavy (non-hydrogen) atoms. The van der Waals surface area contributed by atoms with E-state index in [4.69, 9.17) is 47.2 Å². The topological polar surface area (TPSA) is 137 Å². The minimum absolute atomic E-state index is 0.0738. The Balaban J connectivity index is 1.50. The van der Waals surface area contributed by atoms with Crippen molar-refractivity contribution in [3.63, 3.8) is 0 Å². The third kappa shape index (κ3) is 9.66. The molecule has 3 atom stereocenters. The molecule has 3 unspecified atom stereocenters. The minimum Gasteiger partial charge on any atom is -0.497 e. The first-order valence-electron chi connectivity index (χ1n) is 11.4. The second kappa shape index (κ2) is 14.7. The van der Waals surface area contributed by atoms with Crippen LogP contribution in [0, 0.1) is 0 Å². The van der Waals surface area contributed by atoms with Gasteiger partial charge in [0.2, 0.25) is 23.6 Å². The van der Waals surface area contributed by atoms with Crippen LogP contribution in [-0.2, 0) is 28.2 Å². The smallest absolute Gasteiger partial charge is 0.497 e. The normalized spacial score (nSPS) is 13.2. The molecule has 0 heterocycles. The van der Waals surface area contributed by atoms with Gasteiger partial charge in [-0.25, -0.2) is 0 Å². The second-order valence-electron chi connectivity index (χ2n) is 8.00. The Morgan fingerprint density at radius 3 is 1.52 bits per heavy atom. The fourth-order valence-corrected chi connectivity index (χ4v) is 5.33. The molecule has 0 spiro atoms. The molecule has 0 fully saturated rings. The first-order valence-corrected chi connectivity index (χ1v) is 17.5. The van der Waals surface area contributed by atoms with Crippen molar-refractivity contribution in [1.82, 2.24) is 9.56 Å². The Bertz CT molecular complexity index is 1420. The molecule has 0 bridgehead atoms. The number of nitrogens with zero attached hydrogens (tertiary/aromatic N) is 4. The van der Waals surface area contributed by atoms with E-state index >= 15 is 0 Å². The zero-order valence-electron chi connectivity index (χ0n) is 21.6. The van der Waals surface area contributed by atoms with Crippen LogP contribution in [0.1, 0.15) is 22.5 Å². The zero-order chi connectivity index (χ0) is 29.3. The van der Waals surface area contributed by atoms with E-state index in [0.29, 0.717) is 11.5 Å². The molecule has 0 aromatic heterocycles. The second-order valence-corrected chi connectivity index (χ2v) is 14.0. The first-order chi connectivity index (χ1) is 19.0. The lowest BCUT2D eigenvalue weighted by Gasteiger charge is -2.12. The van der Waals surface area contributed by atoms with Crippen LogP contribution in [0.3, 0.4) is 0 Å². The van der Waals surface area contributed by atoms with Crippen molar-refractivity contribution in [3.05, 3.63) is 89.5 Å². The van der Waals surface area contributed by atoms with Gasteiger partial charge in [-0.15, -0.1) is 10.2 Å². The van der Waals surface area contributed by atoms with E-state index in [1.807, 2.05) is 36.4 Å². The summed E-state index contributed by atoms with van der Waals surface area (Å²) < 4.78 is 31.0. The average molecular weight is 641 g/mol. The van der Waals surface area contributed by atoms with Crippen LogP contribution < -0.4 is 13.8 Å². The average Bonchev–Trinajstić information content (AvgIpc) is 2.95. The summed E-state index contributed by atoms with van der Waals surface area (Å²) in [6.45, 7) is 0. The van der Waals surface area contributed by atoms with Gasteiger partial charge in [-0.1, -0.05) is 21.7 Å². The van der Waals surface area contributed by atoms with Gasteiger partial charge < -0.3 is 19.6 Å². The number of methoxy groups -OCH3 is 1. The summed E-state index contributed by atoms with van der Waals surface area (Å²) in [6, 6.07) is 20.4. The fourth-order valence-electron chi connectivity index (χ4n) is 2.88. The monoisotopic (exact) mass is 640 g/mol. The molecule has 0 aliphatic rings. The molecule has 3 aromatic rings. The van der Waals surface area contributed by atoms with E-state index < -0.39 is 27.6 Å². The van der Waals surface area contributed by atoms with Crippen molar-refractivity contribution in [2.45, 2.75) is 5.85 Å². The zero-order valence-corrected chi connectivity index (χ0v) is 25.9. The van der Waals surface area contributed by atoms with Crippen LogP contribution in [-0.4, -0.2) is 58.1 Å². The van der Waals surface area contributed by atoms with E-state index in [1.54, 1.807) is 50.5 Å². The van der Waals surface area contributed by atoms with Crippen molar-refractivity contribution in [2.24, 2.45) is 10.2 Å². The molecule has 0 saturated carbocycles. The van der Waals surface area contributed by atoms with E-state index in [0.717, 1.165) is 16.9 Å². The Morgan fingerprint density at radius 1 is 0.775 bits per heavy atom. The summed E-state index contributed by atoms with van der Waals surface area (Å²) >= 11 is 10.9. The highest BCUT2D eigenvalue weighted by Crippen LogP contribution is 2.50. The predicted octanol–water partition coefficient (Wildman–Crippen LogP) is 5.10. The molecule has 0 amide bonds. The van der Waals surface area contributed by atoms with Crippen LogP contribution in [0.15, 0.2) is 83.0 Å². The number of rotatable bonds is 13. The third-order valence-corrected chi connectivity index (χ3v) is 9.77. The highest BCUT2D eigenvalue weighted by molar-refractivity contribution is 8.02. The lowest BCUT2D eigenvalue weighted by molar-refractivity contribution is 0.205. The van der Waals surface area contributed by atoms with Gasteiger partial charge in [0.05, 0.1) is 33.6 Å². The van der Waals surface area contributed by atoms with Crippen LogP contribution >= 0.6 is 21.7 Å². The number of hydrazone groups is 2. The molecule has 0 aliphatic heterocycles. The Labute approximate surface area is 244 Å². The minimum atomic E-state index is -4.66. The highest BCUT2D eigenvalue weighted by Gasteiger charge is 2.28. The summed E-state index contributed by atoms with van der Waals surface area (Å²) in [5.41, 5.74) is 1.78. The van der Waals surface area contributed by atoms with E-state index in [-0.39, 0.29) is 5.56 Å². The van der Waals surface area contributed by atoms with Crippen LogP contribution in [0.25, 0.3) is 0 Å². The number of hydrogen-bond acceptors (Lipinski definition) is 9. The molecular weight excluding hydrogens is 613 g/mol. The van der Waals surface area contributed by atoms with E-state index in [9.17, 15) is 9.67 Å². The quantitative estimate of drug-likeness (QED) is 0.131. The Morgan fingerprint density at radius 2 is 1.15 bits per heavy atom. The summed E-state index contributed by atoms with van der Waals surface area (Å²) in [5, 5.41) is 18.4. The summed E-state index contributed by atoms with van der Waals surface area (Å²) in [4.78, 5) is 18.2. The molecule has 3 aromatic carbocycles. The van der Waals surface area contributed by atoms with Gasteiger partial charge in [0.15, 0.2) is 17.3 Å². The van der Waals surface area contributed by atoms with Crippen LogP contribution in [0.5, 0.6) is 17.2 Å². The van der Waals surface area contributed by atoms with Gasteiger partial charge in [-0.05, 0) is 77.4 Å². The largest absolute Gasteiger partial charge is 0.540 e. The predicted molar refractivity (Wildman–Crippen MR) is 163 cm³/mol. The summed E-state index contributed by atoms with van der Waals surface area (Å²) in [6.07, 6.45) is 3.32. The van der Waals surface area contributed by atoms with Crippen LogP contribution in [0.2, 0.25) is 0 Å². The van der Waals surface area contributed by atoms with Crippen molar-refractivity contribution in [3.8, 4) is 17.2 Å². The maximum absolute atomic E-state index is 11.2. The maximum Gasteiger partial charge on any atom is 0.540 e. The molecule has 11 nitrogen and oxygen atoms in total. The van der Waals surface area contributed by atoms with E-state index in [2.05, 4.69) is 10.2 Å². The van der Waals surface area contributed by atoms with Crippen molar-refractivity contribution in [1.29, 1.82) is 0 Å². The van der Waals surface area contributed by atoms with Crippen molar-refractivity contribution in [2.75, 3.05) is 21.2 Å². The van der Waals surface area contributed by atoms with Crippen molar-refractivity contribution < 1.29 is 33.2 Å². The standard InChI is InChI=1S/C24H25N4O7P3S2/c1-27(25-16-18-4-10-21(33-3)11-5-18)36(39)34-22-12-6-19(7-13-22)17-26-28(2)37(40)35-23-14-8-20(9-15-23)24(29)38(30,31)32/h4-17,24,29H,1-3H3/p+2/b25-16-,26-17-. The molecule has 16 heteroatoms. The molecule has 3 N–H and O–H groups in total. The van der Waals surface area contributed by atoms with Crippen molar-refractivity contribution >= 4 is 57.8 Å². The van der Waals surface area contributed by atoms with Gasteiger partial charge in [-0.3, -0.25) is 13.6 Å². The number of benzene rings is 3. The number of aliphatic hydroxyl groups is 1. The molecular formula is C24H27N4O7P3S2+2. The maximum atomic E-state index is 11.2. The first kappa shape index (κ1) is 31.7. The van der Waals surface area contributed by atoms with Gasteiger partial charge in [-0.2, -0.15) is 0 Å². The summed E-state index contributed by atoms with van der Waals surface area (Å²) in [5.74, 6) is -0.150. The lowest BCUT2D eigenvalue weighted by atomic mass is 10.2. The SMILES string of the molecule is COc1ccc(/C=N\N(C)[P+](=S)Oc2ccc(/C=N\N(C)[P+](=S)Oc3ccc(C(O)P(=O)(O)O)cc3)cc2)cc1. The fraction of sp³-hybridized carbons (Fsp3) is 0.167.